The minimum atomic E-state index is -0.359. The van der Waals surface area contributed by atoms with E-state index in [0.29, 0.717) is 21.2 Å². The molecule has 2 rings (SSSR count). The van der Waals surface area contributed by atoms with Crippen molar-refractivity contribution in [1.29, 1.82) is 0 Å². The van der Waals surface area contributed by atoms with Gasteiger partial charge in [-0.15, -0.1) is 0 Å². The molecule has 0 saturated heterocycles. The van der Waals surface area contributed by atoms with E-state index in [9.17, 15) is 4.39 Å². The van der Waals surface area contributed by atoms with E-state index >= 15 is 0 Å². The zero-order valence-electron chi connectivity index (χ0n) is 9.05. The molecule has 0 aliphatic heterocycles. The minimum absolute atomic E-state index is 0.359. The van der Waals surface area contributed by atoms with Crippen LogP contribution in [-0.4, -0.2) is 4.98 Å². The first-order valence-electron chi connectivity index (χ1n) is 5.04. The van der Waals surface area contributed by atoms with Crippen molar-refractivity contribution < 1.29 is 4.39 Å². The zero-order valence-corrected chi connectivity index (χ0v) is 12.2. The second-order valence-electron chi connectivity index (χ2n) is 3.62. The summed E-state index contributed by atoms with van der Waals surface area (Å²) in [6.07, 6.45) is 1.54. The molecule has 94 valence electrons. The molecule has 18 heavy (non-hydrogen) atoms. The quantitative estimate of drug-likeness (QED) is 0.797. The van der Waals surface area contributed by atoms with Crippen molar-refractivity contribution in [3.63, 3.8) is 0 Å². The number of benzene rings is 1. The first-order chi connectivity index (χ1) is 8.54. The first-order valence-corrected chi connectivity index (χ1v) is 6.59. The van der Waals surface area contributed by atoms with Gasteiger partial charge in [0.2, 0.25) is 0 Å². The van der Waals surface area contributed by atoms with Crippen molar-refractivity contribution in [3.8, 4) is 0 Å². The van der Waals surface area contributed by atoms with E-state index in [1.807, 2.05) is 0 Å². The smallest absolute Gasteiger partial charge is 0.129 e. The third kappa shape index (κ3) is 3.57. The van der Waals surface area contributed by atoms with Crippen LogP contribution in [0, 0.1) is 5.82 Å². The zero-order chi connectivity index (χ0) is 13.1. The van der Waals surface area contributed by atoms with E-state index in [-0.39, 0.29) is 5.82 Å². The molecule has 2 aromatic rings. The summed E-state index contributed by atoms with van der Waals surface area (Å²) in [5, 5.41) is 4.00. The van der Waals surface area contributed by atoms with E-state index < -0.39 is 0 Å². The fourth-order valence-corrected chi connectivity index (χ4v) is 2.22. The number of hydrogen-bond donors (Lipinski definition) is 1. The van der Waals surface area contributed by atoms with Gasteiger partial charge in [0.15, 0.2) is 0 Å². The topological polar surface area (TPSA) is 24.9 Å². The summed E-state index contributed by atoms with van der Waals surface area (Å²) in [6, 6.07) is 6.12. The number of rotatable bonds is 3. The second kappa shape index (κ2) is 5.87. The summed E-state index contributed by atoms with van der Waals surface area (Å²) in [5.41, 5.74) is 1.48. The summed E-state index contributed by atoms with van der Waals surface area (Å²) in [4.78, 5) is 4.05. The number of nitrogens with one attached hydrogen (secondary N) is 1. The third-order valence-electron chi connectivity index (χ3n) is 2.21. The molecule has 0 unspecified atom stereocenters. The highest BCUT2D eigenvalue weighted by molar-refractivity contribution is 9.10. The van der Waals surface area contributed by atoms with Crippen LogP contribution >= 0.6 is 39.1 Å². The minimum Gasteiger partial charge on any atom is -0.379 e. The van der Waals surface area contributed by atoms with Gasteiger partial charge in [0.1, 0.15) is 10.4 Å². The molecule has 0 amide bonds. The van der Waals surface area contributed by atoms with Gasteiger partial charge in [0.25, 0.3) is 0 Å². The predicted molar refractivity (Wildman–Crippen MR) is 75.7 cm³/mol. The average molecular weight is 350 g/mol. The van der Waals surface area contributed by atoms with Crippen LogP contribution in [0.25, 0.3) is 0 Å². The highest BCUT2D eigenvalue weighted by Gasteiger charge is 2.04. The van der Waals surface area contributed by atoms with Crippen molar-refractivity contribution in [3.05, 3.63) is 56.5 Å². The SMILES string of the molecule is Fc1cc(Cl)cc(CNc2cc(Cl)cnc2Br)c1. The number of pyridine rings is 1. The maximum atomic E-state index is 13.1. The van der Waals surface area contributed by atoms with Gasteiger partial charge >= 0.3 is 0 Å². The van der Waals surface area contributed by atoms with Gasteiger partial charge in [-0.2, -0.15) is 0 Å². The average Bonchev–Trinajstić information content (AvgIpc) is 2.29. The van der Waals surface area contributed by atoms with E-state index in [0.717, 1.165) is 11.3 Å². The number of nitrogens with zero attached hydrogens (tertiary/aromatic N) is 1. The molecule has 1 aromatic carbocycles. The molecular formula is C12H8BrCl2FN2. The van der Waals surface area contributed by atoms with Crippen LogP contribution in [0.3, 0.4) is 0 Å². The maximum absolute atomic E-state index is 13.1. The van der Waals surface area contributed by atoms with E-state index in [4.69, 9.17) is 23.2 Å². The Labute approximate surface area is 122 Å². The molecule has 0 spiro atoms. The molecule has 0 aliphatic rings. The van der Waals surface area contributed by atoms with Crippen molar-refractivity contribution in [2.24, 2.45) is 0 Å². The standard InChI is InChI=1S/C12H8BrCl2FN2/c13-12-11(4-9(15)6-18-12)17-5-7-1-8(14)3-10(16)2-7/h1-4,6,17H,5H2. The molecule has 2 nitrogen and oxygen atoms in total. The Morgan fingerprint density at radius 3 is 2.67 bits per heavy atom. The Morgan fingerprint density at radius 2 is 1.94 bits per heavy atom. The lowest BCUT2D eigenvalue weighted by Crippen LogP contribution is -2.01. The van der Waals surface area contributed by atoms with Crippen molar-refractivity contribution in [2.45, 2.75) is 6.54 Å². The molecule has 1 N–H and O–H groups in total. The molecule has 1 aromatic heterocycles. The van der Waals surface area contributed by atoms with Gasteiger partial charge in [0, 0.05) is 17.8 Å². The van der Waals surface area contributed by atoms with E-state index in [2.05, 4.69) is 26.2 Å². The van der Waals surface area contributed by atoms with Gasteiger partial charge in [-0.3, -0.25) is 0 Å². The van der Waals surface area contributed by atoms with Crippen LogP contribution in [0.2, 0.25) is 10.0 Å². The summed E-state index contributed by atoms with van der Waals surface area (Å²) < 4.78 is 13.8. The lowest BCUT2D eigenvalue weighted by atomic mass is 10.2. The molecule has 0 fully saturated rings. The summed E-state index contributed by atoms with van der Waals surface area (Å²) in [5.74, 6) is -0.359. The third-order valence-corrected chi connectivity index (χ3v) is 3.27. The Morgan fingerprint density at radius 1 is 1.17 bits per heavy atom. The Kier molecular flexibility index (Phi) is 4.43. The van der Waals surface area contributed by atoms with Gasteiger partial charge in [-0.1, -0.05) is 23.2 Å². The Hall–Kier alpha value is -0.840. The van der Waals surface area contributed by atoms with E-state index in [1.165, 1.54) is 18.3 Å². The highest BCUT2D eigenvalue weighted by Crippen LogP contribution is 2.24. The number of aromatic nitrogens is 1. The molecule has 6 heteroatoms. The van der Waals surface area contributed by atoms with Crippen molar-refractivity contribution in [1.82, 2.24) is 4.98 Å². The van der Waals surface area contributed by atoms with Crippen LogP contribution in [0.15, 0.2) is 35.1 Å². The monoisotopic (exact) mass is 348 g/mol. The largest absolute Gasteiger partial charge is 0.379 e. The van der Waals surface area contributed by atoms with Crippen LogP contribution in [-0.2, 0) is 6.54 Å². The fraction of sp³-hybridized carbons (Fsp3) is 0.0833. The number of hydrogen-bond acceptors (Lipinski definition) is 2. The van der Waals surface area contributed by atoms with Gasteiger partial charge in [-0.05, 0) is 45.8 Å². The van der Waals surface area contributed by atoms with Gasteiger partial charge in [-0.25, -0.2) is 9.37 Å². The predicted octanol–water partition coefficient (Wildman–Crippen LogP) is 4.90. The van der Waals surface area contributed by atoms with Crippen LogP contribution in [0.4, 0.5) is 10.1 Å². The number of anilines is 1. The fourth-order valence-electron chi connectivity index (χ4n) is 1.46. The lowest BCUT2D eigenvalue weighted by Gasteiger charge is -2.09. The van der Waals surface area contributed by atoms with E-state index in [1.54, 1.807) is 12.1 Å². The summed E-state index contributed by atoms with van der Waals surface area (Å²) in [6.45, 7) is 0.429. The normalized spacial score (nSPS) is 10.4. The Bertz CT molecular complexity index is 558. The van der Waals surface area contributed by atoms with Crippen LogP contribution in [0.1, 0.15) is 5.56 Å². The summed E-state index contributed by atoms with van der Waals surface area (Å²) >= 11 is 14.9. The second-order valence-corrected chi connectivity index (χ2v) is 5.25. The summed E-state index contributed by atoms with van der Waals surface area (Å²) in [7, 11) is 0. The van der Waals surface area contributed by atoms with Crippen molar-refractivity contribution in [2.75, 3.05) is 5.32 Å². The molecule has 0 atom stereocenters. The van der Waals surface area contributed by atoms with Gasteiger partial charge in [0.05, 0.1) is 10.7 Å². The molecule has 0 aliphatic carbocycles. The first kappa shape index (κ1) is 13.6. The Balaban J connectivity index is 2.13. The van der Waals surface area contributed by atoms with Crippen molar-refractivity contribution >= 4 is 44.8 Å². The molecule has 1 heterocycles. The van der Waals surface area contributed by atoms with Crippen LogP contribution < -0.4 is 5.32 Å². The lowest BCUT2D eigenvalue weighted by molar-refractivity contribution is 0.626. The molecule has 0 bridgehead atoms. The molecular weight excluding hydrogens is 342 g/mol. The van der Waals surface area contributed by atoms with Gasteiger partial charge < -0.3 is 5.32 Å². The maximum Gasteiger partial charge on any atom is 0.129 e. The number of halogens is 4. The van der Waals surface area contributed by atoms with Crippen LogP contribution in [0.5, 0.6) is 0 Å². The highest BCUT2D eigenvalue weighted by atomic mass is 79.9. The molecule has 0 saturated carbocycles. The molecule has 0 radical (unpaired) electrons.